The fraction of sp³-hybridized carbons (Fsp3) is 0.217. The van der Waals surface area contributed by atoms with E-state index in [9.17, 15) is 22.4 Å². The predicted molar refractivity (Wildman–Crippen MR) is 122 cm³/mol. The Morgan fingerprint density at radius 3 is 2.40 bits per heavy atom. The molecule has 0 saturated heterocycles. The van der Waals surface area contributed by atoms with Gasteiger partial charge in [-0.15, -0.1) is 4.99 Å². The minimum atomic E-state index is -5.08. The lowest BCUT2D eigenvalue weighted by Gasteiger charge is -2.22. The Morgan fingerprint density at radius 2 is 1.86 bits per heavy atom. The normalized spacial score (nSPS) is 12.5. The van der Waals surface area contributed by atoms with Crippen LogP contribution in [-0.4, -0.2) is 28.2 Å². The molecular weight excluding hydrogens is 470 g/mol. The van der Waals surface area contributed by atoms with Gasteiger partial charge < -0.3 is 21.1 Å². The van der Waals surface area contributed by atoms with Gasteiger partial charge in [0, 0.05) is 16.6 Å². The minimum Gasteiger partial charge on any atom is -0.475 e. The first kappa shape index (κ1) is 26.8. The van der Waals surface area contributed by atoms with Crippen LogP contribution in [0.4, 0.5) is 17.6 Å². The Labute approximate surface area is 196 Å². The lowest BCUT2D eigenvalue weighted by atomic mass is 9.96. The van der Waals surface area contributed by atoms with E-state index in [1.54, 1.807) is 30.5 Å². The number of carbonyl (C=O) groups is 1. The summed E-state index contributed by atoms with van der Waals surface area (Å²) < 4.78 is 45.8. The average Bonchev–Trinajstić information content (AvgIpc) is 2.77. The molecule has 0 fully saturated rings. The third kappa shape index (κ3) is 7.04. The van der Waals surface area contributed by atoms with E-state index in [1.165, 1.54) is 6.07 Å². The molecular formula is C23H21F4N5O3. The molecule has 1 atom stereocenters. The monoisotopic (exact) mass is 491 g/mol. The van der Waals surface area contributed by atoms with Crippen LogP contribution in [0.5, 0.6) is 0 Å². The number of aromatic nitrogens is 1. The van der Waals surface area contributed by atoms with Gasteiger partial charge in [0.25, 0.3) is 5.56 Å². The number of nitrogens with two attached hydrogens (primary N) is 1. The molecule has 0 saturated carbocycles. The summed E-state index contributed by atoms with van der Waals surface area (Å²) in [6, 6.07) is 13.3. The Balaban J connectivity index is 0.000000540. The highest BCUT2D eigenvalue weighted by Crippen LogP contribution is 2.26. The quantitative estimate of drug-likeness (QED) is 0.188. The zero-order chi connectivity index (χ0) is 26.3. The van der Waals surface area contributed by atoms with Gasteiger partial charge in [0.15, 0.2) is 0 Å². The summed E-state index contributed by atoms with van der Waals surface area (Å²) >= 11 is 0. The van der Waals surface area contributed by atoms with Crippen molar-refractivity contribution < 1.29 is 27.5 Å². The molecule has 0 aliphatic rings. The number of guanidine groups is 1. The Kier molecular flexibility index (Phi) is 8.55. The van der Waals surface area contributed by atoms with Crippen molar-refractivity contribution in [2.24, 2.45) is 16.6 Å². The molecule has 0 radical (unpaired) electrons. The van der Waals surface area contributed by atoms with E-state index in [-0.39, 0.29) is 23.3 Å². The number of benzene rings is 2. The highest BCUT2D eigenvalue weighted by molar-refractivity contribution is 5.87. The minimum absolute atomic E-state index is 0.0224. The molecule has 1 unspecified atom stereocenters. The Morgan fingerprint density at radius 1 is 1.20 bits per heavy atom. The first-order valence-corrected chi connectivity index (χ1v) is 10.1. The fourth-order valence-electron chi connectivity index (χ4n) is 3.15. The highest BCUT2D eigenvalue weighted by atomic mass is 19.4. The second-order valence-corrected chi connectivity index (χ2v) is 7.60. The molecule has 2 aromatic carbocycles. The third-order valence-corrected chi connectivity index (χ3v) is 4.80. The van der Waals surface area contributed by atoms with Crippen molar-refractivity contribution in [2.75, 3.05) is 0 Å². The van der Waals surface area contributed by atoms with Crippen LogP contribution in [0.3, 0.4) is 0 Å². The molecule has 0 aliphatic heterocycles. The van der Waals surface area contributed by atoms with E-state index in [0.29, 0.717) is 22.2 Å². The number of carboxylic acids is 1. The molecule has 3 aromatic rings. The van der Waals surface area contributed by atoms with E-state index < -0.39 is 18.2 Å². The predicted octanol–water partition coefficient (Wildman–Crippen LogP) is 4.05. The number of rotatable bonds is 4. The smallest absolute Gasteiger partial charge is 0.475 e. The number of halogens is 4. The number of aliphatic carboxylic acids is 1. The first-order valence-electron chi connectivity index (χ1n) is 10.1. The topological polar surface area (TPSA) is 144 Å². The number of hydrogen-bond donors (Lipinski definition) is 4. The molecule has 0 aliphatic carbocycles. The molecule has 3 rings (SSSR count). The van der Waals surface area contributed by atoms with Gasteiger partial charge in [-0.2, -0.15) is 18.4 Å². The number of nitrogens with zero attached hydrogens (tertiary/aromatic N) is 2. The van der Waals surface area contributed by atoms with Gasteiger partial charge in [-0.1, -0.05) is 38.1 Å². The van der Waals surface area contributed by atoms with Crippen molar-refractivity contribution in [3.63, 3.8) is 0 Å². The summed E-state index contributed by atoms with van der Waals surface area (Å²) in [7, 11) is 0. The summed E-state index contributed by atoms with van der Waals surface area (Å²) in [6.07, 6.45) is -3.47. The largest absolute Gasteiger partial charge is 0.490 e. The summed E-state index contributed by atoms with van der Waals surface area (Å²) in [4.78, 5) is 27.9. The van der Waals surface area contributed by atoms with E-state index >= 15 is 0 Å². The zero-order valence-electron chi connectivity index (χ0n) is 18.5. The Hall–Kier alpha value is -4.40. The van der Waals surface area contributed by atoms with Crippen molar-refractivity contribution in [3.8, 4) is 17.5 Å². The molecule has 0 amide bonds. The zero-order valence-corrected chi connectivity index (χ0v) is 18.5. The first-order chi connectivity index (χ1) is 16.3. The van der Waals surface area contributed by atoms with Gasteiger partial charge in [-0.25, -0.2) is 9.18 Å². The van der Waals surface area contributed by atoms with Crippen LogP contribution in [0.25, 0.3) is 22.0 Å². The number of aliphatic imine (C=N–C) groups is 1. The van der Waals surface area contributed by atoms with Crippen molar-refractivity contribution in [2.45, 2.75) is 26.1 Å². The Bertz CT molecular complexity index is 1340. The third-order valence-electron chi connectivity index (χ3n) is 4.80. The van der Waals surface area contributed by atoms with Gasteiger partial charge in [0.1, 0.15) is 5.82 Å². The van der Waals surface area contributed by atoms with E-state index in [4.69, 9.17) is 20.9 Å². The number of aromatic amines is 1. The molecule has 5 N–H and O–H groups in total. The fourth-order valence-corrected chi connectivity index (χ4v) is 3.15. The van der Waals surface area contributed by atoms with E-state index in [0.717, 1.165) is 5.39 Å². The van der Waals surface area contributed by atoms with Crippen LogP contribution in [-0.2, 0) is 4.79 Å². The highest BCUT2D eigenvalue weighted by Gasteiger charge is 2.38. The molecule has 1 aromatic heterocycles. The number of fused-ring (bicyclic) bond motifs is 1. The number of nitriles is 1. The molecule has 35 heavy (non-hydrogen) atoms. The summed E-state index contributed by atoms with van der Waals surface area (Å²) in [5, 5.41) is 19.9. The van der Waals surface area contributed by atoms with Crippen LogP contribution in [0.15, 0.2) is 58.3 Å². The summed E-state index contributed by atoms with van der Waals surface area (Å²) in [6.45, 7) is 3.85. The summed E-state index contributed by atoms with van der Waals surface area (Å²) in [5.41, 5.74) is 7.14. The van der Waals surface area contributed by atoms with Crippen molar-refractivity contribution in [1.29, 1.82) is 5.26 Å². The number of pyridine rings is 1. The second-order valence-electron chi connectivity index (χ2n) is 7.60. The van der Waals surface area contributed by atoms with Gasteiger partial charge in [-0.05, 0) is 41.1 Å². The lowest BCUT2D eigenvalue weighted by Crippen LogP contribution is -2.39. The van der Waals surface area contributed by atoms with Gasteiger partial charge >= 0.3 is 12.1 Å². The van der Waals surface area contributed by atoms with Gasteiger partial charge in [0.2, 0.25) is 12.2 Å². The number of carboxylic acid groups (broad SMARTS) is 1. The number of nitrogens with one attached hydrogen (secondary N) is 2. The second kappa shape index (κ2) is 11.1. The number of H-pyrrole nitrogens is 1. The van der Waals surface area contributed by atoms with Crippen LogP contribution in [0, 0.1) is 23.2 Å². The SMILES string of the molecule is CC(C)C(N/C(N)=N/C#N)c1ccc(-c2ccc3cccc(F)c3c2)[nH]c1=O.O=C(O)C(F)(F)F. The molecule has 1 heterocycles. The van der Waals surface area contributed by atoms with Crippen LogP contribution in [0.1, 0.15) is 25.5 Å². The van der Waals surface area contributed by atoms with E-state index in [1.807, 2.05) is 32.0 Å². The maximum atomic E-state index is 14.1. The molecule has 8 nitrogen and oxygen atoms in total. The molecule has 184 valence electrons. The molecule has 12 heteroatoms. The standard InChI is InChI=1S/C21H20FN5O.C2HF3O2/c1-12(2)19(27-21(24)25-11-23)15-8-9-18(26-20(15)28)14-7-6-13-4-3-5-17(22)16(13)10-14;3-2(4,5)1(6)7/h3-10,12,19H,1-2H3,(H,26,28)(H3,24,25,27);(H,6,7). The van der Waals surface area contributed by atoms with Crippen LogP contribution in [0.2, 0.25) is 0 Å². The summed E-state index contributed by atoms with van der Waals surface area (Å²) in [5.74, 6) is -3.09. The van der Waals surface area contributed by atoms with Crippen LogP contribution >= 0.6 is 0 Å². The molecule has 0 spiro atoms. The molecule has 0 bridgehead atoms. The lowest BCUT2D eigenvalue weighted by molar-refractivity contribution is -0.192. The number of hydrogen-bond acceptors (Lipinski definition) is 4. The van der Waals surface area contributed by atoms with E-state index in [2.05, 4.69) is 15.3 Å². The number of alkyl halides is 3. The van der Waals surface area contributed by atoms with Crippen molar-refractivity contribution in [1.82, 2.24) is 10.3 Å². The maximum absolute atomic E-state index is 14.1. The van der Waals surface area contributed by atoms with Crippen molar-refractivity contribution >= 4 is 22.7 Å². The maximum Gasteiger partial charge on any atom is 0.490 e. The van der Waals surface area contributed by atoms with Gasteiger partial charge in [-0.3, -0.25) is 4.79 Å². The van der Waals surface area contributed by atoms with Crippen molar-refractivity contribution in [3.05, 3.63) is 70.3 Å². The van der Waals surface area contributed by atoms with Crippen LogP contribution < -0.4 is 16.6 Å². The van der Waals surface area contributed by atoms with Gasteiger partial charge in [0.05, 0.1) is 6.04 Å². The average molecular weight is 491 g/mol.